The van der Waals surface area contributed by atoms with Crippen LogP contribution in [0.2, 0.25) is 0 Å². The lowest BCUT2D eigenvalue weighted by atomic mass is 9.97. The largest absolute Gasteiger partial charge is 0.481 e. The molecular weight excluding hydrogens is 190 g/mol. The quantitative estimate of drug-likeness (QED) is 0.772. The van der Waals surface area contributed by atoms with E-state index in [0.29, 0.717) is 6.42 Å². The molecule has 0 aliphatic carbocycles. The van der Waals surface area contributed by atoms with Gasteiger partial charge in [0.1, 0.15) is 0 Å². The number of carbonyl (C=O) groups is 1. The number of nitrogens with two attached hydrogens (primary N) is 1. The van der Waals surface area contributed by atoms with E-state index in [1.807, 2.05) is 30.3 Å². The lowest BCUT2D eigenvalue weighted by molar-refractivity contribution is -0.141. The minimum atomic E-state index is -0.779. The monoisotopic (exact) mass is 207 g/mol. The fourth-order valence-corrected chi connectivity index (χ4v) is 1.56. The van der Waals surface area contributed by atoms with Crippen molar-refractivity contribution in [3.05, 3.63) is 35.9 Å². The standard InChI is InChI=1S/C12H17NO2/c1-9(12(14)15)7-11(13)8-10-5-3-2-4-6-10/h2-6,9,11H,7-8,13H2,1H3,(H,14,15). The van der Waals surface area contributed by atoms with Gasteiger partial charge in [0.2, 0.25) is 0 Å². The van der Waals surface area contributed by atoms with Crippen LogP contribution in [0, 0.1) is 5.92 Å². The molecule has 0 radical (unpaired) electrons. The molecule has 0 aliphatic heterocycles. The van der Waals surface area contributed by atoms with Crippen molar-refractivity contribution in [1.82, 2.24) is 0 Å². The van der Waals surface area contributed by atoms with E-state index in [4.69, 9.17) is 10.8 Å². The Balaban J connectivity index is 2.43. The normalized spacial score (nSPS) is 14.5. The van der Waals surface area contributed by atoms with Gasteiger partial charge in [-0.1, -0.05) is 37.3 Å². The third-order valence-corrected chi connectivity index (χ3v) is 2.42. The second-order valence-corrected chi connectivity index (χ2v) is 3.92. The summed E-state index contributed by atoms with van der Waals surface area (Å²) in [6.45, 7) is 1.69. The van der Waals surface area contributed by atoms with E-state index in [2.05, 4.69) is 0 Å². The third-order valence-electron chi connectivity index (χ3n) is 2.42. The minimum absolute atomic E-state index is 0.0847. The lowest BCUT2D eigenvalue weighted by Crippen LogP contribution is -2.28. The SMILES string of the molecule is CC(CC(N)Cc1ccccc1)C(=O)O. The van der Waals surface area contributed by atoms with Gasteiger partial charge in [-0.2, -0.15) is 0 Å². The molecule has 15 heavy (non-hydrogen) atoms. The van der Waals surface area contributed by atoms with E-state index in [-0.39, 0.29) is 12.0 Å². The molecule has 0 aromatic heterocycles. The van der Waals surface area contributed by atoms with Gasteiger partial charge in [0.15, 0.2) is 0 Å². The molecule has 3 heteroatoms. The molecule has 0 saturated carbocycles. The molecule has 2 unspecified atom stereocenters. The first-order chi connectivity index (χ1) is 7.09. The summed E-state index contributed by atoms with van der Waals surface area (Å²) >= 11 is 0. The number of carboxylic acids is 1. The topological polar surface area (TPSA) is 63.3 Å². The minimum Gasteiger partial charge on any atom is -0.481 e. The Morgan fingerprint density at radius 1 is 1.40 bits per heavy atom. The van der Waals surface area contributed by atoms with Crippen LogP contribution in [0.3, 0.4) is 0 Å². The van der Waals surface area contributed by atoms with Gasteiger partial charge in [-0.25, -0.2) is 0 Å². The van der Waals surface area contributed by atoms with Crippen LogP contribution in [0.5, 0.6) is 0 Å². The molecule has 0 saturated heterocycles. The lowest BCUT2D eigenvalue weighted by Gasteiger charge is -2.14. The van der Waals surface area contributed by atoms with Crippen LogP contribution in [-0.2, 0) is 11.2 Å². The zero-order valence-corrected chi connectivity index (χ0v) is 8.89. The Hall–Kier alpha value is -1.35. The summed E-state index contributed by atoms with van der Waals surface area (Å²) in [5, 5.41) is 8.74. The van der Waals surface area contributed by atoms with E-state index >= 15 is 0 Å². The molecule has 3 N–H and O–H groups in total. The Kier molecular flexibility index (Phi) is 4.31. The predicted molar refractivity (Wildman–Crippen MR) is 59.5 cm³/mol. The Bertz CT molecular complexity index is 311. The summed E-state index contributed by atoms with van der Waals surface area (Å²) in [5.74, 6) is -1.15. The van der Waals surface area contributed by atoms with Gasteiger partial charge in [0.25, 0.3) is 0 Å². The fourth-order valence-electron chi connectivity index (χ4n) is 1.56. The zero-order chi connectivity index (χ0) is 11.3. The van der Waals surface area contributed by atoms with Crippen LogP contribution >= 0.6 is 0 Å². The molecule has 0 heterocycles. The van der Waals surface area contributed by atoms with E-state index in [0.717, 1.165) is 12.0 Å². The van der Waals surface area contributed by atoms with Crippen LogP contribution < -0.4 is 5.73 Å². The van der Waals surface area contributed by atoms with Gasteiger partial charge >= 0.3 is 5.97 Å². The highest BCUT2D eigenvalue weighted by Gasteiger charge is 2.15. The van der Waals surface area contributed by atoms with Crippen LogP contribution in [0.15, 0.2) is 30.3 Å². The molecule has 3 nitrogen and oxygen atoms in total. The Morgan fingerprint density at radius 2 is 2.00 bits per heavy atom. The van der Waals surface area contributed by atoms with Gasteiger partial charge < -0.3 is 10.8 Å². The predicted octanol–water partition coefficient (Wildman–Crippen LogP) is 1.67. The molecular formula is C12H17NO2. The summed E-state index contributed by atoms with van der Waals surface area (Å²) in [6.07, 6.45) is 1.25. The Labute approximate surface area is 89.9 Å². The van der Waals surface area contributed by atoms with Crippen molar-refractivity contribution in [2.24, 2.45) is 11.7 Å². The number of carboxylic acid groups (broad SMARTS) is 1. The summed E-state index contributed by atoms with van der Waals surface area (Å²) in [7, 11) is 0. The average molecular weight is 207 g/mol. The van der Waals surface area contributed by atoms with Crippen molar-refractivity contribution in [3.63, 3.8) is 0 Å². The van der Waals surface area contributed by atoms with Crippen LogP contribution in [0.4, 0.5) is 0 Å². The number of aliphatic carboxylic acids is 1. The molecule has 1 aromatic rings. The van der Waals surface area contributed by atoms with Crippen molar-refractivity contribution < 1.29 is 9.90 Å². The molecule has 0 spiro atoms. The Morgan fingerprint density at radius 3 is 2.53 bits per heavy atom. The maximum absolute atomic E-state index is 10.6. The number of rotatable bonds is 5. The molecule has 82 valence electrons. The first-order valence-electron chi connectivity index (χ1n) is 5.12. The smallest absolute Gasteiger partial charge is 0.306 e. The number of hydrogen-bond acceptors (Lipinski definition) is 2. The van der Waals surface area contributed by atoms with Crippen LogP contribution in [0.1, 0.15) is 18.9 Å². The molecule has 1 aromatic carbocycles. The third kappa shape index (κ3) is 4.13. The maximum atomic E-state index is 10.6. The van der Waals surface area contributed by atoms with Crippen molar-refractivity contribution in [1.29, 1.82) is 0 Å². The molecule has 1 rings (SSSR count). The second kappa shape index (κ2) is 5.51. The van der Waals surface area contributed by atoms with E-state index in [1.165, 1.54) is 0 Å². The van der Waals surface area contributed by atoms with Gasteiger partial charge in [0.05, 0.1) is 5.92 Å². The summed E-state index contributed by atoms with van der Waals surface area (Å²) in [6, 6.07) is 9.80. The number of benzene rings is 1. The summed E-state index contributed by atoms with van der Waals surface area (Å²) < 4.78 is 0. The summed E-state index contributed by atoms with van der Waals surface area (Å²) in [4.78, 5) is 10.6. The van der Waals surface area contributed by atoms with Crippen molar-refractivity contribution in [2.45, 2.75) is 25.8 Å². The molecule has 0 aliphatic rings. The second-order valence-electron chi connectivity index (χ2n) is 3.92. The van der Waals surface area contributed by atoms with E-state index in [1.54, 1.807) is 6.92 Å². The van der Waals surface area contributed by atoms with Crippen molar-refractivity contribution in [2.75, 3.05) is 0 Å². The highest BCUT2D eigenvalue weighted by Crippen LogP contribution is 2.09. The average Bonchev–Trinajstić information content (AvgIpc) is 2.18. The van der Waals surface area contributed by atoms with Gasteiger partial charge in [-0.05, 0) is 18.4 Å². The highest BCUT2D eigenvalue weighted by molar-refractivity contribution is 5.69. The van der Waals surface area contributed by atoms with Gasteiger partial charge in [0, 0.05) is 6.04 Å². The highest BCUT2D eigenvalue weighted by atomic mass is 16.4. The van der Waals surface area contributed by atoms with E-state index < -0.39 is 5.97 Å². The van der Waals surface area contributed by atoms with Crippen LogP contribution in [0.25, 0.3) is 0 Å². The zero-order valence-electron chi connectivity index (χ0n) is 8.89. The molecule has 0 amide bonds. The number of hydrogen-bond donors (Lipinski definition) is 2. The molecule has 2 atom stereocenters. The summed E-state index contributed by atoms with van der Waals surface area (Å²) in [5.41, 5.74) is 7.04. The van der Waals surface area contributed by atoms with E-state index in [9.17, 15) is 4.79 Å². The van der Waals surface area contributed by atoms with Crippen molar-refractivity contribution in [3.8, 4) is 0 Å². The fraction of sp³-hybridized carbons (Fsp3) is 0.417. The molecule has 0 bridgehead atoms. The first kappa shape index (κ1) is 11.7. The maximum Gasteiger partial charge on any atom is 0.306 e. The van der Waals surface area contributed by atoms with Gasteiger partial charge in [-0.3, -0.25) is 4.79 Å². The molecule has 0 fully saturated rings. The van der Waals surface area contributed by atoms with Crippen molar-refractivity contribution >= 4 is 5.97 Å². The first-order valence-corrected chi connectivity index (χ1v) is 5.12. The van der Waals surface area contributed by atoms with Gasteiger partial charge in [-0.15, -0.1) is 0 Å². The van der Waals surface area contributed by atoms with Crippen LogP contribution in [-0.4, -0.2) is 17.1 Å².